The minimum absolute atomic E-state index is 0.0768. The highest BCUT2D eigenvalue weighted by Gasteiger charge is 2.26. The Morgan fingerprint density at radius 2 is 1.02 bits per heavy atom. The largest absolute Gasteiger partial charge is 0.507 e. The van der Waals surface area contributed by atoms with Crippen LogP contribution in [0.1, 0.15) is 149 Å². The fraction of sp³-hybridized carbons (Fsp3) is 0.579. The van der Waals surface area contributed by atoms with Gasteiger partial charge in [-0.2, -0.15) is 0 Å². The van der Waals surface area contributed by atoms with Crippen LogP contribution in [0.4, 0.5) is 0 Å². The van der Waals surface area contributed by atoms with Crippen LogP contribution < -0.4 is 21.7 Å². The van der Waals surface area contributed by atoms with Crippen LogP contribution in [0.15, 0.2) is 36.4 Å². The van der Waals surface area contributed by atoms with Gasteiger partial charge in [0.2, 0.25) is 11.8 Å². The molecule has 266 valence electrons. The summed E-state index contributed by atoms with van der Waals surface area (Å²) in [5, 5.41) is 20.6. The molecule has 10 heteroatoms. The van der Waals surface area contributed by atoms with E-state index in [9.17, 15) is 29.4 Å². The van der Waals surface area contributed by atoms with E-state index in [-0.39, 0.29) is 29.0 Å². The van der Waals surface area contributed by atoms with E-state index in [4.69, 9.17) is 0 Å². The molecule has 0 aromatic heterocycles. The summed E-state index contributed by atoms with van der Waals surface area (Å²) in [6.07, 6.45) is 14.7. The van der Waals surface area contributed by atoms with Crippen molar-refractivity contribution in [2.24, 2.45) is 11.8 Å². The van der Waals surface area contributed by atoms with Gasteiger partial charge in [0.05, 0.1) is 11.1 Å². The highest BCUT2D eigenvalue weighted by molar-refractivity contribution is 5.99. The van der Waals surface area contributed by atoms with Crippen molar-refractivity contribution in [1.82, 2.24) is 21.7 Å². The van der Waals surface area contributed by atoms with Crippen molar-refractivity contribution >= 4 is 23.6 Å². The molecule has 0 saturated carbocycles. The summed E-state index contributed by atoms with van der Waals surface area (Å²) in [5.74, 6) is -3.73. The molecule has 48 heavy (non-hydrogen) atoms. The Labute approximate surface area is 286 Å². The van der Waals surface area contributed by atoms with E-state index >= 15 is 0 Å². The van der Waals surface area contributed by atoms with Gasteiger partial charge in [-0.15, -0.1) is 0 Å². The quantitative estimate of drug-likeness (QED) is 0.0612. The Bertz CT molecular complexity index is 1310. The summed E-state index contributed by atoms with van der Waals surface area (Å²) in [5.41, 5.74) is 11.8. The number of aryl methyl sites for hydroxylation is 2. The van der Waals surface area contributed by atoms with Gasteiger partial charge in [0.1, 0.15) is 11.5 Å². The number of aromatic hydroxyl groups is 2. The summed E-state index contributed by atoms with van der Waals surface area (Å²) < 4.78 is 0. The van der Waals surface area contributed by atoms with Crippen LogP contribution in [0.2, 0.25) is 0 Å². The number of phenols is 2. The number of unbranched alkanes of at least 4 members (excludes halogenated alkanes) is 9. The molecule has 0 fully saturated rings. The first kappa shape index (κ1) is 40.1. The number of nitrogens with one attached hydrogen (secondary N) is 4. The van der Waals surface area contributed by atoms with Crippen molar-refractivity contribution in [3.63, 3.8) is 0 Å². The fourth-order valence-electron chi connectivity index (χ4n) is 5.66. The van der Waals surface area contributed by atoms with Gasteiger partial charge in [-0.05, 0) is 73.9 Å². The summed E-state index contributed by atoms with van der Waals surface area (Å²) >= 11 is 0. The lowest BCUT2D eigenvalue weighted by Crippen LogP contribution is -2.47. The number of benzene rings is 2. The average molecular weight is 667 g/mol. The van der Waals surface area contributed by atoms with Gasteiger partial charge >= 0.3 is 0 Å². The molecule has 0 aliphatic heterocycles. The van der Waals surface area contributed by atoms with Crippen LogP contribution in [0, 0.1) is 11.8 Å². The maximum Gasteiger partial charge on any atom is 0.273 e. The highest BCUT2D eigenvalue weighted by Crippen LogP contribution is 2.23. The molecule has 0 aliphatic rings. The molecule has 0 spiro atoms. The lowest BCUT2D eigenvalue weighted by Gasteiger charge is -2.21. The third-order valence-corrected chi connectivity index (χ3v) is 8.71. The summed E-state index contributed by atoms with van der Waals surface area (Å²) in [4.78, 5) is 52.0. The van der Waals surface area contributed by atoms with Crippen molar-refractivity contribution in [2.75, 3.05) is 0 Å². The monoisotopic (exact) mass is 666 g/mol. The Balaban J connectivity index is 1.98. The first-order valence-corrected chi connectivity index (χ1v) is 17.9. The molecule has 0 radical (unpaired) electrons. The molecule has 2 unspecified atom stereocenters. The topological polar surface area (TPSA) is 157 Å². The minimum atomic E-state index is -0.644. The van der Waals surface area contributed by atoms with Gasteiger partial charge in [-0.1, -0.05) is 104 Å². The van der Waals surface area contributed by atoms with Crippen LogP contribution in [-0.4, -0.2) is 33.8 Å². The molecule has 0 aliphatic carbocycles. The van der Waals surface area contributed by atoms with Gasteiger partial charge in [-0.25, -0.2) is 0 Å². The molecule has 2 aromatic carbocycles. The number of hydrogen-bond acceptors (Lipinski definition) is 6. The third kappa shape index (κ3) is 14.4. The number of carbonyl (C=O) groups is 4. The Kier molecular flexibility index (Phi) is 18.8. The molecule has 6 N–H and O–H groups in total. The molecule has 2 rings (SSSR count). The number of amides is 4. The third-order valence-electron chi connectivity index (χ3n) is 8.71. The van der Waals surface area contributed by atoms with Gasteiger partial charge in [0.25, 0.3) is 11.8 Å². The smallest absolute Gasteiger partial charge is 0.273 e. The second-order valence-corrected chi connectivity index (χ2v) is 12.9. The van der Waals surface area contributed by atoms with Crippen LogP contribution in [0.3, 0.4) is 0 Å². The van der Waals surface area contributed by atoms with Crippen molar-refractivity contribution in [2.45, 2.75) is 130 Å². The molecular formula is C38H58N4O6. The minimum Gasteiger partial charge on any atom is -0.507 e. The number of phenolic OH excluding ortho intramolecular Hbond substituents is 2. The Morgan fingerprint density at radius 3 is 1.48 bits per heavy atom. The standard InChI is InChI=1S/C38H58N4O6/c1-5-8-11-14-17-28-20-22-33(43)31(25-28)37(47)41-39-35(45)27(4)24-30(19-16-13-10-7-3)36(46)40-42-38(48)32-26-29(21-23-34(32)44)18-15-12-9-6-2/h20-23,25-27,30,43-44H,5-19,24H2,1-4H3,(H,39,45)(H,40,46)(H,41,47)(H,42,48). The molecule has 2 atom stereocenters. The van der Waals surface area contributed by atoms with Gasteiger partial charge < -0.3 is 10.2 Å². The maximum atomic E-state index is 13.3. The summed E-state index contributed by atoms with van der Waals surface area (Å²) in [6.45, 7) is 8.06. The van der Waals surface area contributed by atoms with Gasteiger partial charge in [0, 0.05) is 11.8 Å². The van der Waals surface area contributed by atoms with Gasteiger partial charge in [-0.3, -0.25) is 40.9 Å². The predicted octanol–water partition coefficient (Wildman–Crippen LogP) is 7.18. The van der Waals surface area contributed by atoms with Gasteiger partial charge in [0.15, 0.2) is 0 Å². The average Bonchev–Trinajstić information content (AvgIpc) is 3.08. The molecule has 0 saturated heterocycles. The highest BCUT2D eigenvalue weighted by atomic mass is 16.3. The van der Waals surface area contributed by atoms with Crippen LogP contribution in [-0.2, 0) is 22.4 Å². The zero-order valence-electron chi connectivity index (χ0n) is 29.5. The first-order chi connectivity index (χ1) is 23.1. The number of hydrazine groups is 2. The van der Waals surface area contributed by atoms with E-state index in [1.165, 1.54) is 12.1 Å². The molecule has 0 heterocycles. The van der Waals surface area contributed by atoms with Crippen LogP contribution >= 0.6 is 0 Å². The zero-order valence-corrected chi connectivity index (χ0v) is 29.5. The van der Waals surface area contributed by atoms with Crippen LogP contribution in [0.25, 0.3) is 0 Å². The maximum absolute atomic E-state index is 13.3. The molecule has 2 aromatic rings. The van der Waals surface area contributed by atoms with Crippen molar-refractivity contribution < 1.29 is 29.4 Å². The van der Waals surface area contributed by atoms with E-state index in [0.29, 0.717) is 6.42 Å². The van der Waals surface area contributed by atoms with Crippen molar-refractivity contribution in [1.29, 1.82) is 0 Å². The van der Waals surface area contributed by atoms with E-state index < -0.39 is 35.5 Å². The molecular weight excluding hydrogens is 608 g/mol. The second kappa shape index (κ2) is 22.5. The van der Waals surface area contributed by atoms with Crippen LogP contribution in [0.5, 0.6) is 11.5 Å². The number of hydrogen-bond donors (Lipinski definition) is 6. The van der Waals surface area contributed by atoms with E-state index in [2.05, 4.69) is 42.5 Å². The lowest BCUT2D eigenvalue weighted by molar-refractivity contribution is -0.129. The molecule has 0 bridgehead atoms. The summed E-state index contributed by atoms with van der Waals surface area (Å²) in [7, 11) is 0. The second-order valence-electron chi connectivity index (χ2n) is 12.9. The number of rotatable bonds is 21. The summed E-state index contributed by atoms with van der Waals surface area (Å²) in [6, 6.07) is 9.86. The first-order valence-electron chi connectivity index (χ1n) is 17.9. The Hall–Kier alpha value is -4.08. The molecule has 10 nitrogen and oxygen atoms in total. The SMILES string of the molecule is CCCCCCc1ccc(O)c(C(=O)NNC(=O)C(C)CC(CCCCCC)C(=O)NNC(=O)c2cc(CCCCCC)ccc2O)c1. The number of carbonyl (C=O) groups excluding carboxylic acids is 4. The van der Waals surface area contributed by atoms with E-state index in [1.807, 2.05) is 0 Å². The molecule has 4 amide bonds. The fourth-order valence-corrected chi connectivity index (χ4v) is 5.66. The van der Waals surface area contributed by atoms with E-state index in [0.717, 1.165) is 101 Å². The predicted molar refractivity (Wildman–Crippen MR) is 189 cm³/mol. The van der Waals surface area contributed by atoms with Crippen molar-refractivity contribution in [3.8, 4) is 11.5 Å². The normalized spacial score (nSPS) is 12.2. The zero-order chi connectivity index (χ0) is 35.3. The van der Waals surface area contributed by atoms with E-state index in [1.54, 1.807) is 31.2 Å². The lowest BCUT2D eigenvalue weighted by atomic mass is 9.90. The Morgan fingerprint density at radius 1 is 0.583 bits per heavy atom. The van der Waals surface area contributed by atoms with Crippen molar-refractivity contribution in [3.05, 3.63) is 58.7 Å².